The summed E-state index contributed by atoms with van der Waals surface area (Å²) in [7, 11) is 0. The minimum absolute atomic E-state index is 0.280. The molecule has 1 atom stereocenters. The summed E-state index contributed by atoms with van der Waals surface area (Å²) in [5.41, 5.74) is 3.88. The molecule has 0 bridgehead atoms. The molecule has 2 N–H and O–H groups in total. The number of benzene rings is 2. The SMILES string of the molecule is CC(Nc1ncnc2nc[nH]c12)c1nc2ccc(F)cc2n1-c1ccc(C#N)cc1. The molecular formula is C21H15FN8. The zero-order valence-electron chi connectivity index (χ0n) is 15.8. The van der Waals surface area contributed by atoms with Crippen LogP contribution in [-0.2, 0) is 0 Å². The molecule has 5 aromatic rings. The number of H-pyrrole nitrogens is 1. The third-order valence-electron chi connectivity index (χ3n) is 4.86. The minimum Gasteiger partial charge on any atom is -0.358 e. The van der Waals surface area contributed by atoms with Gasteiger partial charge < -0.3 is 10.3 Å². The summed E-state index contributed by atoms with van der Waals surface area (Å²) in [4.78, 5) is 20.4. The summed E-state index contributed by atoms with van der Waals surface area (Å²) in [5.74, 6) is 0.917. The maximum atomic E-state index is 14.0. The standard InChI is InChI=1S/C21H15FN8/c1-12(28-20-18-19(25-10-24-18)26-11-27-20)21-29-16-7-4-14(22)8-17(16)30(21)15-5-2-13(9-23)3-6-15/h2-8,10-12H,1H3,(H2,24,25,26,27,28). The van der Waals surface area contributed by atoms with Crippen LogP contribution < -0.4 is 5.32 Å². The van der Waals surface area contributed by atoms with Gasteiger partial charge in [-0.05, 0) is 43.3 Å². The molecule has 30 heavy (non-hydrogen) atoms. The fourth-order valence-electron chi connectivity index (χ4n) is 3.46. The van der Waals surface area contributed by atoms with Gasteiger partial charge in [0.25, 0.3) is 0 Å². The van der Waals surface area contributed by atoms with Gasteiger partial charge in [0.15, 0.2) is 11.5 Å². The van der Waals surface area contributed by atoms with Crippen LogP contribution in [0, 0.1) is 17.1 Å². The highest BCUT2D eigenvalue weighted by Gasteiger charge is 2.20. The lowest BCUT2D eigenvalue weighted by Gasteiger charge is -2.17. The van der Waals surface area contributed by atoms with Crippen LogP contribution in [0.2, 0.25) is 0 Å². The van der Waals surface area contributed by atoms with E-state index < -0.39 is 0 Å². The van der Waals surface area contributed by atoms with Gasteiger partial charge in [0.1, 0.15) is 23.5 Å². The summed E-state index contributed by atoms with van der Waals surface area (Å²) in [5, 5.41) is 12.4. The first kappa shape index (κ1) is 17.8. The van der Waals surface area contributed by atoms with Crippen molar-refractivity contribution < 1.29 is 4.39 Å². The number of hydrogen-bond acceptors (Lipinski definition) is 6. The van der Waals surface area contributed by atoms with Gasteiger partial charge in [-0.25, -0.2) is 24.3 Å². The van der Waals surface area contributed by atoms with Crippen LogP contribution in [0.15, 0.2) is 55.1 Å². The van der Waals surface area contributed by atoms with E-state index in [1.807, 2.05) is 23.6 Å². The van der Waals surface area contributed by atoms with E-state index in [0.717, 1.165) is 5.69 Å². The van der Waals surface area contributed by atoms with Crippen LogP contribution in [0.4, 0.5) is 10.2 Å². The highest BCUT2D eigenvalue weighted by molar-refractivity contribution is 5.82. The van der Waals surface area contributed by atoms with E-state index in [2.05, 4.69) is 31.3 Å². The number of halogens is 1. The van der Waals surface area contributed by atoms with Crippen LogP contribution >= 0.6 is 0 Å². The van der Waals surface area contributed by atoms with Gasteiger partial charge in [0.2, 0.25) is 0 Å². The molecule has 3 aromatic heterocycles. The Morgan fingerprint density at radius 3 is 2.77 bits per heavy atom. The van der Waals surface area contributed by atoms with Gasteiger partial charge in [-0.2, -0.15) is 5.26 Å². The summed E-state index contributed by atoms with van der Waals surface area (Å²) < 4.78 is 15.9. The molecule has 0 aliphatic carbocycles. The first-order valence-corrected chi connectivity index (χ1v) is 9.23. The third kappa shape index (κ3) is 2.91. The largest absolute Gasteiger partial charge is 0.358 e. The van der Waals surface area contributed by atoms with Gasteiger partial charge in [-0.3, -0.25) is 4.57 Å². The van der Waals surface area contributed by atoms with Crippen molar-refractivity contribution in [2.24, 2.45) is 0 Å². The summed E-state index contributed by atoms with van der Waals surface area (Å²) in [6, 6.07) is 13.4. The van der Waals surface area contributed by atoms with E-state index in [9.17, 15) is 4.39 Å². The summed E-state index contributed by atoms with van der Waals surface area (Å²) in [6.07, 6.45) is 3.00. The predicted octanol–water partition coefficient (Wildman–Crippen LogP) is 3.88. The van der Waals surface area contributed by atoms with Crippen molar-refractivity contribution in [3.63, 3.8) is 0 Å². The molecule has 5 rings (SSSR count). The van der Waals surface area contributed by atoms with Crippen molar-refractivity contribution in [3.8, 4) is 11.8 Å². The lowest BCUT2D eigenvalue weighted by molar-refractivity contribution is 0.629. The Kier molecular flexibility index (Phi) is 4.10. The molecule has 1 unspecified atom stereocenters. The molecule has 0 aliphatic heterocycles. The molecule has 0 spiro atoms. The number of nitrogens with one attached hydrogen (secondary N) is 2. The van der Waals surface area contributed by atoms with Crippen LogP contribution in [-0.4, -0.2) is 29.5 Å². The van der Waals surface area contributed by atoms with Gasteiger partial charge in [0.05, 0.1) is 35.0 Å². The number of fused-ring (bicyclic) bond motifs is 2. The number of rotatable bonds is 4. The predicted molar refractivity (Wildman–Crippen MR) is 109 cm³/mol. The van der Waals surface area contributed by atoms with E-state index in [1.165, 1.54) is 18.5 Å². The highest BCUT2D eigenvalue weighted by atomic mass is 19.1. The number of aromatic amines is 1. The molecule has 3 heterocycles. The van der Waals surface area contributed by atoms with Crippen molar-refractivity contribution in [1.82, 2.24) is 29.5 Å². The van der Waals surface area contributed by atoms with Crippen molar-refractivity contribution in [2.45, 2.75) is 13.0 Å². The second-order valence-electron chi connectivity index (χ2n) is 6.79. The van der Waals surface area contributed by atoms with E-state index >= 15 is 0 Å². The maximum absolute atomic E-state index is 14.0. The van der Waals surface area contributed by atoms with Crippen LogP contribution in [0.5, 0.6) is 0 Å². The van der Waals surface area contributed by atoms with Gasteiger partial charge in [-0.1, -0.05) is 0 Å². The topological polar surface area (TPSA) is 108 Å². The Bertz CT molecular complexity index is 1410. The first-order valence-electron chi connectivity index (χ1n) is 9.23. The smallest absolute Gasteiger partial charge is 0.182 e. The number of nitriles is 1. The van der Waals surface area contributed by atoms with Crippen LogP contribution in [0.3, 0.4) is 0 Å². The number of aromatic nitrogens is 6. The number of nitrogens with zero attached hydrogens (tertiary/aromatic N) is 6. The molecule has 0 saturated heterocycles. The molecular weight excluding hydrogens is 383 g/mol. The zero-order valence-corrected chi connectivity index (χ0v) is 15.8. The minimum atomic E-state index is -0.348. The maximum Gasteiger partial charge on any atom is 0.182 e. The molecule has 0 radical (unpaired) electrons. The van der Waals surface area contributed by atoms with Crippen LogP contribution in [0.25, 0.3) is 27.9 Å². The average Bonchev–Trinajstić information content (AvgIpc) is 3.39. The number of imidazole rings is 2. The van der Waals surface area contributed by atoms with Crippen molar-refractivity contribution in [2.75, 3.05) is 5.32 Å². The Morgan fingerprint density at radius 2 is 1.97 bits per heavy atom. The van der Waals surface area contributed by atoms with Crippen molar-refractivity contribution in [1.29, 1.82) is 5.26 Å². The van der Waals surface area contributed by atoms with Crippen molar-refractivity contribution in [3.05, 3.63) is 72.3 Å². The monoisotopic (exact) mass is 398 g/mol. The molecule has 0 aliphatic rings. The Labute approximate surface area is 170 Å². The van der Waals surface area contributed by atoms with Gasteiger partial charge in [0, 0.05) is 11.8 Å². The van der Waals surface area contributed by atoms with Crippen molar-refractivity contribution >= 4 is 28.0 Å². The quantitative estimate of drug-likeness (QED) is 0.476. The molecule has 8 nitrogen and oxygen atoms in total. The molecule has 0 amide bonds. The Balaban J connectivity index is 1.64. The van der Waals surface area contributed by atoms with E-state index in [1.54, 1.807) is 24.5 Å². The lowest BCUT2D eigenvalue weighted by Crippen LogP contribution is -2.14. The summed E-state index contributed by atoms with van der Waals surface area (Å²) in [6.45, 7) is 1.95. The van der Waals surface area contributed by atoms with E-state index in [0.29, 0.717) is 39.4 Å². The number of hydrogen-bond donors (Lipinski definition) is 2. The van der Waals surface area contributed by atoms with Gasteiger partial charge in [-0.15, -0.1) is 0 Å². The van der Waals surface area contributed by atoms with E-state index in [4.69, 9.17) is 10.2 Å². The Morgan fingerprint density at radius 1 is 1.13 bits per heavy atom. The number of anilines is 1. The second-order valence-corrected chi connectivity index (χ2v) is 6.79. The van der Waals surface area contributed by atoms with E-state index in [-0.39, 0.29) is 11.9 Å². The molecule has 0 saturated carbocycles. The second kappa shape index (κ2) is 6.93. The molecule has 0 fully saturated rings. The fraction of sp³-hybridized carbons (Fsp3) is 0.0952. The first-order chi connectivity index (χ1) is 14.6. The van der Waals surface area contributed by atoms with Gasteiger partial charge >= 0.3 is 0 Å². The zero-order chi connectivity index (χ0) is 20.7. The lowest BCUT2D eigenvalue weighted by atomic mass is 10.2. The van der Waals surface area contributed by atoms with Crippen LogP contribution in [0.1, 0.15) is 24.4 Å². The fourth-order valence-corrected chi connectivity index (χ4v) is 3.46. The normalized spacial score (nSPS) is 12.2. The summed E-state index contributed by atoms with van der Waals surface area (Å²) >= 11 is 0. The molecule has 146 valence electrons. The Hall–Kier alpha value is -4.32. The highest BCUT2D eigenvalue weighted by Crippen LogP contribution is 2.28. The third-order valence-corrected chi connectivity index (χ3v) is 4.86. The average molecular weight is 398 g/mol. The molecule has 2 aromatic carbocycles. The molecule has 9 heteroatoms.